The van der Waals surface area contributed by atoms with Crippen molar-refractivity contribution in [1.82, 2.24) is 15.5 Å². The Morgan fingerprint density at radius 1 is 1.17 bits per heavy atom. The number of aliphatic hydroxyl groups excluding tert-OH is 1. The number of benzene rings is 1. The van der Waals surface area contributed by atoms with Crippen molar-refractivity contribution < 1.29 is 41.7 Å². The van der Waals surface area contributed by atoms with Crippen LogP contribution in [0.15, 0.2) is 22.6 Å². The number of hydrogen-bond acceptors (Lipinski definition) is 8. The number of aromatic nitrogens is 2. The molecule has 13 heteroatoms. The van der Waals surface area contributed by atoms with Gasteiger partial charge in [0.2, 0.25) is 11.8 Å². The van der Waals surface area contributed by atoms with Crippen LogP contribution < -0.4 is 10.1 Å². The number of hydrogen-bond donors (Lipinski definition) is 2. The number of aliphatic hydroxyl groups is 1. The molecule has 9 nitrogen and oxygen atoms in total. The Hall–Kier alpha value is -2.41. The van der Waals surface area contributed by atoms with E-state index in [0.29, 0.717) is 42.0 Å². The number of carbonyl (C=O) groups excluding carboxylic acids is 1. The summed E-state index contributed by atoms with van der Waals surface area (Å²) in [5.74, 6) is 0.239. The molecule has 3 fully saturated rings. The highest BCUT2D eigenvalue weighted by molar-refractivity contribution is 6.30. The van der Waals surface area contributed by atoms with Crippen LogP contribution in [0.5, 0.6) is 5.75 Å². The summed E-state index contributed by atoms with van der Waals surface area (Å²) < 4.78 is 59.1. The molecule has 2 aromatic rings. The van der Waals surface area contributed by atoms with E-state index in [1.165, 1.54) is 0 Å². The lowest BCUT2D eigenvalue weighted by Crippen LogP contribution is -2.52. The number of ether oxygens (including phenoxy) is 3. The zero-order valence-corrected chi connectivity index (χ0v) is 19.6. The number of fused-ring (bicyclic) bond motifs is 3. The summed E-state index contributed by atoms with van der Waals surface area (Å²) in [6, 6.07) is 4.87. The van der Waals surface area contributed by atoms with Gasteiger partial charge in [0.15, 0.2) is 6.10 Å². The first-order valence-electron chi connectivity index (χ1n) is 11.8. The Balaban J connectivity index is 1.09. The van der Waals surface area contributed by atoms with Crippen LogP contribution in [-0.4, -0.2) is 45.5 Å². The second-order valence-electron chi connectivity index (χ2n) is 9.92. The average molecular weight is 530 g/mol. The Bertz CT molecular complexity index is 1180. The second kappa shape index (κ2) is 8.30. The fraction of sp³-hybridized carbons (Fsp3) is 0.609. The maximum Gasteiger partial charge on any atom is 0.522 e. The van der Waals surface area contributed by atoms with Gasteiger partial charge in [-0.2, -0.15) is 0 Å². The molecule has 4 heterocycles. The molecule has 36 heavy (non-hydrogen) atoms. The van der Waals surface area contributed by atoms with Gasteiger partial charge in [0.25, 0.3) is 5.91 Å². The van der Waals surface area contributed by atoms with Crippen LogP contribution in [0.1, 0.15) is 74.3 Å². The summed E-state index contributed by atoms with van der Waals surface area (Å²) in [5.41, 5.74) is -1.25. The smallest absolute Gasteiger partial charge is 0.480 e. The van der Waals surface area contributed by atoms with Crippen molar-refractivity contribution in [3.8, 4) is 5.75 Å². The molecule has 1 aliphatic carbocycles. The fourth-order valence-corrected chi connectivity index (χ4v) is 5.74. The summed E-state index contributed by atoms with van der Waals surface area (Å²) >= 11 is 5.99. The van der Waals surface area contributed by atoms with E-state index < -0.39 is 41.9 Å². The van der Waals surface area contributed by atoms with Gasteiger partial charge in [0.1, 0.15) is 17.1 Å². The van der Waals surface area contributed by atoms with Gasteiger partial charge in [-0.15, -0.1) is 23.4 Å². The van der Waals surface area contributed by atoms with Gasteiger partial charge in [-0.25, -0.2) is 0 Å². The molecular weight excluding hydrogens is 507 g/mol. The van der Waals surface area contributed by atoms with Gasteiger partial charge in [-0.05, 0) is 56.7 Å². The van der Waals surface area contributed by atoms with Crippen molar-refractivity contribution in [2.24, 2.45) is 0 Å². The average Bonchev–Trinajstić information content (AvgIpc) is 3.50. The SMILES string of the molecule is O=C(NC12CCC(c3nnc(C4CC(OC(F)(F)F)C4)o3)(CC1)O2)[C@@H]1C[C@H](O)c2cc(Cl)ccc2O1. The third-order valence-electron chi connectivity index (χ3n) is 7.51. The molecule has 3 aliphatic heterocycles. The summed E-state index contributed by atoms with van der Waals surface area (Å²) in [5, 5.41) is 22.1. The first-order chi connectivity index (χ1) is 17.0. The van der Waals surface area contributed by atoms with Crippen LogP contribution in [0.4, 0.5) is 13.2 Å². The minimum atomic E-state index is -4.66. The van der Waals surface area contributed by atoms with Crippen LogP contribution in [0, 0.1) is 0 Å². The van der Waals surface area contributed by atoms with Gasteiger partial charge in [0, 0.05) is 22.9 Å². The van der Waals surface area contributed by atoms with E-state index in [9.17, 15) is 23.1 Å². The number of alkyl halides is 3. The molecule has 0 unspecified atom stereocenters. The molecule has 4 aliphatic rings. The van der Waals surface area contributed by atoms with Crippen molar-refractivity contribution in [1.29, 1.82) is 0 Å². The number of nitrogens with one attached hydrogen (secondary N) is 1. The molecule has 0 spiro atoms. The Kier molecular flexibility index (Phi) is 5.52. The Morgan fingerprint density at radius 2 is 1.92 bits per heavy atom. The van der Waals surface area contributed by atoms with E-state index in [1.807, 2.05) is 0 Å². The van der Waals surface area contributed by atoms with Crippen LogP contribution in [-0.2, 0) is 19.9 Å². The van der Waals surface area contributed by atoms with Gasteiger partial charge in [0.05, 0.1) is 12.2 Å². The molecule has 194 valence electrons. The highest BCUT2D eigenvalue weighted by atomic mass is 35.5. The second-order valence-corrected chi connectivity index (χ2v) is 10.4. The summed E-state index contributed by atoms with van der Waals surface area (Å²) in [6.07, 6.45) is -4.88. The molecule has 2 bridgehead atoms. The van der Waals surface area contributed by atoms with Crippen LogP contribution in [0.3, 0.4) is 0 Å². The van der Waals surface area contributed by atoms with Gasteiger partial charge in [-0.1, -0.05) is 11.6 Å². The van der Waals surface area contributed by atoms with E-state index >= 15 is 0 Å². The van der Waals surface area contributed by atoms with E-state index in [1.54, 1.807) is 18.2 Å². The highest BCUT2D eigenvalue weighted by Gasteiger charge is 2.60. The Labute approximate surface area is 208 Å². The molecular formula is C23H23ClF3N3O6. The molecule has 0 radical (unpaired) electrons. The van der Waals surface area contributed by atoms with E-state index in [2.05, 4.69) is 20.3 Å². The zero-order chi connectivity index (χ0) is 25.3. The van der Waals surface area contributed by atoms with Crippen LogP contribution in [0.2, 0.25) is 5.02 Å². The lowest BCUT2D eigenvalue weighted by atomic mass is 9.82. The molecule has 6 rings (SSSR count). The maximum atomic E-state index is 13.1. The highest BCUT2D eigenvalue weighted by Crippen LogP contribution is 2.55. The number of halogens is 4. The van der Waals surface area contributed by atoms with Crippen molar-refractivity contribution in [2.45, 2.75) is 86.9 Å². The molecule has 1 saturated carbocycles. The van der Waals surface area contributed by atoms with E-state index in [0.717, 1.165) is 0 Å². The van der Waals surface area contributed by atoms with Crippen molar-refractivity contribution in [3.63, 3.8) is 0 Å². The molecule has 2 atom stereocenters. The predicted molar refractivity (Wildman–Crippen MR) is 115 cm³/mol. The zero-order valence-electron chi connectivity index (χ0n) is 18.9. The molecule has 1 amide bonds. The molecule has 2 N–H and O–H groups in total. The van der Waals surface area contributed by atoms with Gasteiger partial charge in [-0.3, -0.25) is 9.53 Å². The van der Waals surface area contributed by atoms with E-state index in [4.69, 9.17) is 25.5 Å². The van der Waals surface area contributed by atoms with Crippen molar-refractivity contribution in [2.75, 3.05) is 0 Å². The molecule has 2 saturated heterocycles. The topological polar surface area (TPSA) is 116 Å². The third-order valence-corrected chi connectivity index (χ3v) is 7.75. The summed E-state index contributed by atoms with van der Waals surface area (Å²) in [6.45, 7) is 0. The van der Waals surface area contributed by atoms with Crippen LogP contribution in [0.25, 0.3) is 0 Å². The quantitative estimate of drug-likeness (QED) is 0.597. The number of nitrogens with zero attached hydrogens (tertiary/aromatic N) is 2. The number of rotatable bonds is 5. The molecule has 1 aromatic carbocycles. The van der Waals surface area contributed by atoms with Crippen molar-refractivity contribution in [3.05, 3.63) is 40.6 Å². The van der Waals surface area contributed by atoms with Crippen molar-refractivity contribution >= 4 is 17.5 Å². The third kappa shape index (κ3) is 4.23. The Morgan fingerprint density at radius 3 is 2.64 bits per heavy atom. The summed E-state index contributed by atoms with van der Waals surface area (Å²) in [4.78, 5) is 13.1. The number of carbonyl (C=O) groups is 1. The van der Waals surface area contributed by atoms with E-state index in [-0.39, 0.29) is 37.0 Å². The van der Waals surface area contributed by atoms with Gasteiger partial charge < -0.3 is 24.3 Å². The molecule has 1 aromatic heterocycles. The predicted octanol–water partition coefficient (Wildman–Crippen LogP) is 4.00. The monoisotopic (exact) mass is 529 g/mol. The first-order valence-corrected chi connectivity index (χ1v) is 12.2. The summed E-state index contributed by atoms with van der Waals surface area (Å²) in [7, 11) is 0. The van der Waals surface area contributed by atoms with Gasteiger partial charge >= 0.3 is 6.36 Å². The van der Waals surface area contributed by atoms with Crippen LogP contribution >= 0.6 is 11.6 Å². The standard InChI is InChI=1S/C23H23ClF3N3O6/c24-12-1-2-16-14(9-12)15(31)10-17(33-16)18(32)28-22-5-3-21(36-22,4-6-22)20-30-29-19(34-20)11-7-13(8-11)35-23(25,26)27/h1-2,9,11,13,15,17,31H,3-8,10H2,(H,28,32)/t11?,13?,15-,17-,21?,22?/m0/s1. The minimum Gasteiger partial charge on any atom is -0.480 e. The maximum absolute atomic E-state index is 13.1. The lowest BCUT2D eigenvalue weighted by molar-refractivity contribution is -0.352. The normalized spacial score (nSPS) is 35.1. The fourth-order valence-electron chi connectivity index (χ4n) is 5.56. The minimum absolute atomic E-state index is 0.0772. The largest absolute Gasteiger partial charge is 0.522 e. The number of amides is 1. The first kappa shape index (κ1) is 24.0. The lowest BCUT2D eigenvalue weighted by Gasteiger charge is -2.33.